The summed E-state index contributed by atoms with van der Waals surface area (Å²) in [6.07, 6.45) is -2.05. The van der Waals surface area contributed by atoms with E-state index in [0.717, 1.165) is 23.3 Å². The van der Waals surface area contributed by atoms with Crippen molar-refractivity contribution >= 4 is 11.8 Å². The first-order valence-electron chi connectivity index (χ1n) is 9.74. The molecule has 4 rings (SSSR count). The van der Waals surface area contributed by atoms with Gasteiger partial charge in [0.05, 0.1) is 11.0 Å². The summed E-state index contributed by atoms with van der Waals surface area (Å²) in [6.45, 7) is 0.824. The molecule has 2 amide bonds. The van der Waals surface area contributed by atoms with Gasteiger partial charge in [-0.25, -0.2) is 5.48 Å². The molecule has 2 aromatic carbocycles. The number of hydrogen-bond donors (Lipinski definition) is 2. The number of hydrogen-bond acceptors (Lipinski definition) is 3. The molecule has 5 nitrogen and oxygen atoms in total. The van der Waals surface area contributed by atoms with Crippen LogP contribution in [0.5, 0.6) is 0 Å². The Bertz CT molecular complexity index is 988. The number of amides is 2. The Balaban J connectivity index is 1.50. The molecule has 158 valence electrons. The summed E-state index contributed by atoms with van der Waals surface area (Å²) in [4.78, 5) is 26.8. The van der Waals surface area contributed by atoms with Crippen molar-refractivity contribution < 1.29 is 28.0 Å². The van der Waals surface area contributed by atoms with Crippen molar-refractivity contribution in [3.63, 3.8) is 0 Å². The number of carbonyl (C=O) groups excluding carboxylic acids is 2. The molecular formula is C22H21F3N2O3. The highest BCUT2D eigenvalue weighted by Crippen LogP contribution is 2.44. The zero-order valence-corrected chi connectivity index (χ0v) is 16.1. The molecule has 1 fully saturated rings. The molecule has 1 atom stereocenters. The van der Waals surface area contributed by atoms with Gasteiger partial charge in [-0.3, -0.25) is 14.8 Å². The van der Waals surface area contributed by atoms with E-state index in [0.29, 0.717) is 43.4 Å². The van der Waals surface area contributed by atoms with Gasteiger partial charge in [0.2, 0.25) is 5.91 Å². The number of carbonyl (C=O) groups is 2. The zero-order chi connectivity index (χ0) is 21.5. The second-order valence-electron chi connectivity index (χ2n) is 8.01. The van der Waals surface area contributed by atoms with Crippen LogP contribution in [-0.2, 0) is 30.4 Å². The van der Waals surface area contributed by atoms with Crippen LogP contribution in [0.1, 0.15) is 45.5 Å². The number of halogens is 3. The lowest BCUT2D eigenvalue weighted by molar-refractivity contribution is -0.138. The molecule has 30 heavy (non-hydrogen) atoms. The Labute approximate surface area is 171 Å². The van der Waals surface area contributed by atoms with E-state index in [2.05, 4.69) is 0 Å². The maximum Gasteiger partial charge on any atom is 0.416 e. The van der Waals surface area contributed by atoms with E-state index in [1.54, 1.807) is 22.5 Å². The molecule has 1 spiro atoms. The van der Waals surface area contributed by atoms with Gasteiger partial charge in [0.15, 0.2) is 0 Å². The molecule has 2 N–H and O–H groups in total. The Morgan fingerprint density at radius 3 is 2.53 bits per heavy atom. The normalized spacial score (nSPS) is 21.1. The molecule has 1 heterocycles. The van der Waals surface area contributed by atoms with Crippen molar-refractivity contribution in [2.75, 3.05) is 6.54 Å². The van der Waals surface area contributed by atoms with Gasteiger partial charge < -0.3 is 4.90 Å². The van der Waals surface area contributed by atoms with E-state index >= 15 is 0 Å². The summed E-state index contributed by atoms with van der Waals surface area (Å²) in [6, 6.07) is 10.2. The van der Waals surface area contributed by atoms with Gasteiger partial charge in [0.25, 0.3) is 5.91 Å². The lowest BCUT2D eigenvalue weighted by atomic mass is 9.69. The van der Waals surface area contributed by atoms with Crippen LogP contribution in [0.25, 0.3) is 0 Å². The molecule has 2 aromatic rings. The Hall–Kier alpha value is -2.87. The van der Waals surface area contributed by atoms with Crippen molar-refractivity contribution in [3.05, 3.63) is 70.3 Å². The lowest BCUT2D eigenvalue weighted by Gasteiger charge is -2.34. The minimum Gasteiger partial charge on any atom is -0.338 e. The van der Waals surface area contributed by atoms with Crippen molar-refractivity contribution in [2.24, 2.45) is 5.41 Å². The Kier molecular flexibility index (Phi) is 5.05. The minimum atomic E-state index is -4.38. The van der Waals surface area contributed by atoms with E-state index < -0.39 is 23.1 Å². The van der Waals surface area contributed by atoms with Gasteiger partial charge in [-0.1, -0.05) is 24.3 Å². The number of hydroxylamine groups is 1. The third kappa shape index (κ3) is 3.56. The van der Waals surface area contributed by atoms with Crippen LogP contribution in [-0.4, -0.2) is 28.5 Å². The van der Waals surface area contributed by atoms with Gasteiger partial charge in [0, 0.05) is 18.7 Å². The second-order valence-corrected chi connectivity index (χ2v) is 8.01. The van der Waals surface area contributed by atoms with Crippen LogP contribution in [0.3, 0.4) is 0 Å². The number of benzene rings is 2. The first-order chi connectivity index (χ1) is 14.2. The molecule has 1 unspecified atom stereocenters. The van der Waals surface area contributed by atoms with Crippen LogP contribution >= 0.6 is 0 Å². The molecule has 1 saturated heterocycles. The fourth-order valence-electron chi connectivity index (χ4n) is 4.64. The SMILES string of the molecule is O=C(NO)c1cccc2c1CCC1(CCN(Cc3ccc(C(F)(F)F)cc3)C1=O)C2. The highest BCUT2D eigenvalue weighted by Gasteiger charge is 2.48. The fraction of sp³-hybridized carbons (Fsp3) is 0.364. The molecule has 0 saturated carbocycles. The first-order valence-corrected chi connectivity index (χ1v) is 9.74. The summed E-state index contributed by atoms with van der Waals surface area (Å²) >= 11 is 0. The van der Waals surface area contributed by atoms with Crippen molar-refractivity contribution in [3.8, 4) is 0 Å². The predicted octanol–water partition coefficient (Wildman–Crippen LogP) is 3.73. The smallest absolute Gasteiger partial charge is 0.338 e. The number of alkyl halides is 3. The molecule has 8 heteroatoms. The zero-order valence-electron chi connectivity index (χ0n) is 16.1. The number of rotatable bonds is 3. The monoisotopic (exact) mass is 418 g/mol. The quantitative estimate of drug-likeness (QED) is 0.590. The number of nitrogens with one attached hydrogen (secondary N) is 1. The highest BCUT2D eigenvalue weighted by molar-refractivity contribution is 5.95. The van der Waals surface area contributed by atoms with Crippen LogP contribution in [0.4, 0.5) is 13.2 Å². The second kappa shape index (κ2) is 7.43. The van der Waals surface area contributed by atoms with E-state index in [1.807, 2.05) is 6.07 Å². The molecule has 1 aliphatic heterocycles. The van der Waals surface area contributed by atoms with E-state index in [9.17, 15) is 22.8 Å². The van der Waals surface area contributed by atoms with Crippen molar-refractivity contribution in [1.82, 2.24) is 10.4 Å². The molecule has 0 aromatic heterocycles. The van der Waals surface area contributed by atoms with E-state index in [1.165, 1.54) is 12.1 Å². The summed E-state index contributed by atoms with van der Waals surface area (Å²) in [5.41, 5.74) is 3.26. The third-order valence-electron chi connectivity index (χ3n) is 6.26. The standard InChI is InChI=1S/C22H21F3N2O3/c23-22(24,25)16-6-4-14(5-7-16)13-27-11-10-21(20(27)29)9-8-17-15(12-21)2-1-3-18(17)19(28)26-30/h1-7,30H,8-13H2,(H,26,28). The molecule has 2 aliphatic rings. The maximum absolute atomic E-state index is 13.2. The average molecular weight is 418 g/mol. The summed E-state index contributed by atoms with van der Waals surface area (Å²) < 4.78 is 38.2. The first kappa shape index (κ1) is 20.4. The largest absolute Gasteiger partial charge is 0.416 e. The lowest BCUT2D eigenvalue weighted by Crippen LogP contribution is -2.39. The van der Waals surface area contributed by atoms with Gasteiger partial charge in [-0.05, 0) is 60.6 Å². The van der Waals surface area contributed by atoms with E-state index in [4.69, 9.17) is 5.21 Å². The average Bonchev–Trinajstić information content (AvgIpc) is 3.01. The molecule has 0 bridgehead atoms. The van der Waals surface area contributed by atoms with Crippen LogP contribution in [0.15, 0.2) is 42.5 Å². The predicted molar refractivity (Wildman–Crippen MR) is 102 cm³/mol. The number of fused-ring (bicyclic) bond motifs is 1. The number of likely N-dealkylation sites (tertiary alicyclic amines) is 1. The Morgan fingerprint density at radius 2 is 1.87 bits per heavy atom. The van der Waals surface area contributed by atoms with Gasteiger partial charge in [-0.2, -0.15) is 13.2 Å². The van der Waals surface area contributed by atoms with Gasteiger partial charge >= 0.3 is 6.18 Å². The molecule has 0 radical (unpaired) electrons. The Morgan fingerprint density at radius 1 is 1.13 bits per heavy atom. The molecular weight excluding hydrogens is 397 g/mol. The summed E-state index contributed by atoms with van der Waals surface area (Å²) in [5.74, 6) is -0.561. The van der Waals surface area contributed by atoms with E-state index in [-0.39, 0.29) is 12.5 Å². The topological polar surface area (TPSA) is 69.6 Å². The van der Waals surface area contributed by atoms with Crippen LogP contribution < -0.4 is 5.48 Å². The number of nitrogens with zero attached hydrogens (tertiary/aromatic N) is 1. The third-order valence-corrected chi connectivity index (χ3v) is 6.26. The van der Waals surface area contributed by atoms with Crippen molar-refractivity contribution in [2.45, 2.75) is 38.4 Å². The van der Waals surface area contributed by atoms with Crippen LogP contribution in [0, 0.1) is 5.41 Å². The maximum atomic E-state index is 13.2. The summed E-state index contributed by atoms with van der Waals surface area (Å²) in [7, 11) is 0. The van der Waals surface area contributed by atoms with Crippen LogP contribution in [0.2, 0.25) is 0 Å². The fourth-order valence-corrected chi connectivity index (χ4v) is 4.64. The van der Waals surface area contributed by atoms with Gasteiger partial charge in [0.1, 0.15) is 0 Å². The van der Waals surface area contributed by atoms with Gasteiger partial charge in [-0.15, -0.1) is 0 Å². The highest BCUT2D eigenvalue weighted by atomic mass is 19.4. The van der Waals surface area contributed by atoms with Crippen molar-refractivity contribution in [1.29, 1.82) is 0 Å². The molecule has 1 aliphatic carbocycles. The minimum absolute atomic E-state index is 0.00469. The summed E-state index contributed by atoms with van der Waals surface area (Å²) in [5, 5.41) is 8.95.